The molecule has 1 saturated heterocycles. The fourth-order valence-electron chi connectivity index (χ4n) is 2.39. The Bertz CT molecular complexity index is 646. The van der Waals surface area contributed by atoms with Gasteiger partial charge in [0, 0.05) is 0 Å². The van der Waals surface area contributed by atoms with E-state index in [2.05, 4.69) is 15.0 Å². The molecule has 3 rings (SSSR count). The third-order valence-electron chi connectivity index (χ3n) is 3.50. The van der Waals surface area contributed by atoms with Gasteiger partial charge in [0.25, 0.3) is 0 Å². The highest BCUT2D eigenvalue weighted by molar-refractivity contribution is 6.33. The monoisotopic (exact) mass is 300 g/mol. The van der Waals surface area contributed by atoms with Gasteiger partial charge in [0.2, 0.25) is 0 Å². The number of aromatic nitrogens is 4. The van der Waals surface area contributed by atoms with Crippen LogP contribution in [0.3, 0.4) is 0 Å². The van der Waals surface area contributed by atoms with E-state index in [1.54, 1.807) is 0 Å². The van der Waals surface area contributed by atoms with Crippen molar-refractivity contribution < 1.29 is 20.1 Å². The average molecular weight is 301 g/mol. The van der Waals surface area contributed by atoms with Crippen LogP contribution in [0, 0.1) is 0 Å². The molecule has 1 aliphatic heterocycles. The van der Waals surface area contributed by atoms with Crippen LogP contribution in [0.5, 0.6) is 0 Å². The molecule has 0 spiro atoms. The van der Waals surface area contributed by atoms with E-state index in [1.165, 1.54) is 24.1 Å². The lowest BCUT2D eigenvalue weighted by Crippen LogP contribution is -2.44. The standard InChI is InChI=1S/C11H13ClN4O4/c1-11(19)7(18)5(2-17)20-10(11)16-4-15-6-8(12)13-3-14-9(6)16/h3-5,7,10,17-19H,2H2,1H3/t5-,7+,10-,11-/m1/s1. The Morgan fingerprint density at radius 2 is 2.20 bits per heavy atom. The number of aliphatic hydroxyl groups excluding tert-OH is 2. The van der Waals surface area contributed by atoms with Crippen molar-refractivity contribution >= 4 is 22.8 Å². The van der Waals surface area contributed by atoms with Gasteiger partial charge < -0.3 is 20.1 Å². The molecule has 20 heavy (non-hydrogen) atoms. The molecule has 0 unspecified atom stereocenters. The molecule has 2 aromatic heterocycles. The topological polar surface area (TPSA) is 114 Å². The smallest absolute Gasteiger partial charge is 0.168 e. The first-order valence-corrected chi connectivity index (χ1v) is 6.34. The van der Waals surface area contributed by atoms with Crippen LogP contribution in [-0.4, -0.2) is 59.3 Å². The van der Waals surface area contributed by atoms with Gasteiger partial charge in [-0.05, 0) is 6.92 Å². The second-order valence-electron chi connectivity index (χ2n) is 4.87. The number of rotatable bonds is 2. The predicted octanol–water partition coefficient (Wildman–Crippen LogP) is -0.519. The third-order valence-corrected chi connectivity index (χ3v) is 3.78. The molecule has 0 aromatic carbocycles. The highest BCUT2D eigenvalue weighted by Crippen LogP contribution is 2.39. The molecule has 3 N–H and O–H groups in total. The van der Waals surface area contributed by atoms with Crippen molar-refractivity contribution in [3.8, 4) is 0 Å². The van der Waals surface area contributed by atoms with Crippen molar-refractivity contribution in [1.82, 2.24) is 19.5 Å². The highest BCUT2D eigenvalue weighted by atomic mass is 35.5. The number of aliphatic hydroxyl groups is 3. The molecule has 108 valence electrons. The van der Waals surface area contributed by atoms with Crippen LogP contribution >= 0.6 is 11.6 Å². The summed E-state index contributed by atoms with van der Waals surface area (Å²) in [5.74, 6) is 0. The molecule has 9 heteroatoms. The summed E-state index contributed by atoms with van der Waals surface area (Å²) in [6, 6.07) is 0. The summed E-state index contributed by atoms with van der Waals surface area (Å²) in [5, 5.41) is 29.8. The number of hydrogen-bond donors (Lipinski definition) is 3. The van der Waals surface area contributed by atoms with Crippen molar-refractivity contribution in [3.63, 3.8) is 0 Å². The van der Waals surface area contributed by atoms with Crippen molar-refractivity contribution in [1.29, 1.82) is 0 Å². The molecule has 1 aliphatic rings. The minimum Gasteiger partial charge on any atom is -0.394 e. The first kappa shape index (κ1) is 13.7. The quantitative estimate of drug-likeness (QED) is 0.640. The van der Waals surface area contributed by atoms with E-state index in [-0.39, 0.29) is 5.15 Å². The Morgan fingerprint density at radius 3 is 2.85 bits per heavy atom. The molecule has 0 bridgehead atoms. The van der Waals surface area contributed by atoms with E-state index in [0.29, 0.717) is 11.2 Å². The molecule has 0 aliphatic carbocycles. The zero-order valence-corrected chi connectivity index (χ0v) is 11.3. The van der Waals surface area contributed by atoms with Gasteiger partial charge in [-0.15, -0.1) is 0 Å². The van der Waals surface area contributed by atoms with Gasteiger partial charge in [-0.1, -0.05) is 11.6 Å². The number of nitrogens with zero attached hydrogens (tertiary/aromatic N) is 4. The van der Waals surface area contributed by atoms with E-state index in [0.717, 1.165) is 0 Å². The summed E-state index contributed by atoms with van der Waals surface area (Å²) in [7, 11) is 0. The highest BCUT2D eigenvalue weighted by Gasteiger charge is 2.53. The van der Waals surface area contributed by atoms with Gasteiger partial charge in [0.1, 0.15) is 29.7 Å². The zero-order chi connectivity index (χ0) is 14.5. The van der Waals surface area contributed by atoms with Crippen LogP contribution in [0.15, 0.2) is 12.7 Å². The van der Waals surface area contributed by atoms with Crippen molar-refractivity contribution in [2.24, 2.45) is 0 Å². The maximum Gasteiger partial charge on any atom is 0.168 e. The Kier molecular flexibility index (Phi) is 3.14. The summed E-state index contributed by atoms with van der Waals surface area (Å²) in [4.78, 5) is 11.9. The van der Waals surface area contributed by atoms with Crippen LogP contribution in [0.2, 0.25) is 5.15 Å². The largest absolute Gasteiger partial charge is 0.394 e. The molecule has 3 heterocycles. The van der Waals surface area contributed by atoms with E-state index >= 15 is 0 Å². The molecular formula is C11H13ClN4O4. The number of fused-ring (bicyclic) bond motifs is 1. The fourth-order valence-corrected chi connectivity index (χ4v) is 2.56. The second-order valence-corrected chi connectivity index (χ2v) is 5.23. The summed E-state index contributed by atoms with van der Waals surface area (Å²) < 4.78 is 6.96. The second kappa shape index (κ2) is 4.61. The van der Waals surface area contributed by atoms with Crippen LogP contribution in [0.25, 0.3) is 11.2 Å². The van der Waals surface area contributed by atoms with E-state index in [4.69, 9.17) is 16.3 Å². The first-order valence-electron chi connectivity index (χ1n) is 5.96. The SMILES string of the molecule is C[C@@]1(O)[C@@H](O)[C@@H](CO)O[C@H]1n1cnc2c(Cl)ncnc21. The van der Waals surface area contributed by atoms with Gasteiger partial charge in [-0.25, -0.2) is 15.0 Å². The van der Waals surface area contributed by atoms with E-state index < -0.39 is 30.6 Å². The summed E-state index contributed by atoms with van der Waals surface area (Å²) in [6.45, 7) is 1.02. The maximum atomic E-state index is 10.4. The first-order chi connectivity index (χ1) is 9.46. The third kappa shape index (κ3) is 1.80. The average Bonchev–Trinajstić information content (AvgIpc) is 2.92. The molecule has 0 amide bonds. The molecule has 8 nitrogen and oxygen atoms in total. The van der Waals surface area contributed by atoms with E-state index in [1.807, 2.05) is 0 Å². The lowest BCUT2D eigenvalue weighted by atomic mass is 9.96. The molecule has 1 fully saturated rings. The molecule has 0 saturated carbocycles. The normalized spacial score (nSPS) is 34.0. The summed E-state index contributed by atoms with van der Waals surface area (Å²) in [5.41, 5.74) is -0.852. The van der Waals surface area contributed by atoms with Crippen LogP contribution < -0.4 is 0 Å². The van der Waals surface area contributed by atoms with Crippen molar-refractivity contribution in [2.45, 2.75) is 31.0 Å². The number of imidazole rings is 1. The van der Waals surface area contributed by atoms with Gasteiger partial charge >= 0.3 is 0 Å². The number of hydrogen-bond acceptors (Lipinski definition) is 7. The Hall–Kier alpha value is -1.32. The van der Waals surface area contributed by atoms with Crippen molar-refractivity contribution in [3.05, 3.63) is 17.8 Å². The fraction of sp³-hybridized carbons (Fsp3) is 0.545. The molecule has 0 radical (unpaired) electrons. The minimum atomic E-state index is -1.60. The number of ether oxygens (including phenoxy) is 1. The lowest BCUT2D eigenvalue weighted by molar-refractivity contribution is -0.0950. The van der Waals surface area contributed by atoms with Gasteiger partial charge in [0.15, 0.2) is 17.0 Å². The Balaban J connectivity index is 2.10. The number of halogens is 1. The van der Waals surface area contributed by atoms with E-state index in [9.17, 15) is 15.3 Å². The van der Waals surface area contributed by atoms with Crippen LogP contribution in [0.1, 0.15) is 13.2 Å². The minimum absolute atomic E-state index is 0.186. The molecule has 2 aromatic rings. The predicted molar refractivity (Wildman–Crippen MR) is 68.0 cm³/mol. The maximum absolute atomic E-state index is 10.4. The summed E-state index contributed by atoms with van der Waals surface area (Å²) in [6.07, 6.45) is -0.383. The molecular weight excluding hydrogens is 288 g/mol. The van der Waals surface area contributed by atoms with Gasteiger partial charge in [-0.2, -0.15) is 0 Å². The van der Waals surface area contributed by atoms with Crippen molar-refractivity contribution in [2.75, 3.05) is 6.61 Å². The summed E-state index contributed by atoms with van der Waals surface area (Å²) >= 11 is 5.91. The zero-order valence-electron chi connectivity index (χ0n) is 10.5. The lowest BCUT2D eigenvalue weighted by Gasteiger charge is -2.27. The Morgan fingerprint density at radius 1 is 1.45 bits per heavy atom. The van der Waals surface area contributed by atoms with Gasteiger partial charge in [-0.3, -0.25) is 4.57 Å². The Labute approximate surface area is 118 Å². The van der Waals surface area contributed by atoms with Crippen LogP contribution in [-0.2, 0) is 4.74 Å². The van der Waals surface area contributed by atoms with Crippen LogP contribution in [0.4, 0.5) is 0 Å². The molecule has 4 atom stereocenters. The van der Waals surface area contributed by atoms with Gasteiger partial charge in [0.05, 0.1) is 12.9 Å².